The number of pyridine rings is 1. The summed E-state index contributed by atoms with van der Waals surface area (Å²) in [6, 6.07) is 13.9. The molecule has 0 spiro atoms. The Morgan fingerprint density at radius 2 is 1.91 bits per heavy atom. The Hall–Kier alpha value is -2.64. The van der Waals surface area contributed by atoms with Crippen molar-refractivity contribution in [1.82, 2.24) is 9.88 Å². The van der Waals surface area contributed by atoms with Gasteiger partial charge in [-0.15, -0.1) is 0 Å². The van der Waals surface area contributed by atoms with Gasteiger partial charge in [-0.25, -0.2) is 4.39 Å². The molecule has 1 fully saturated rings. The van der Waals surface area contributed by atoms with Crippen LogP contribution in [-0.2, 0) is 0 Å². The molecule has 7 heteroatoms. The van der Waals surface area contributed by atoms with Gasteiger partial charge in [0, 0.05) is 35.9 Å². The average molecular weight is 454 g/mol. The number of aliphatic hydroxyl groups is 1. The summed E-state index contributed by atoms with van der Waals surface area (Å²) in [6.45, 7) is 5.36. The molecule has 1 aliphatic heterocycles. The largest absolute Gasteiger partial charge is 0.390 e. The topological polar surface area (TPSA) is 65.5 Å². The third-order valence-corrected chi connectivity index (χ3v) is 6.75. The molecule has 0 unspecified atom stereocenters. The Morgan fingerprint density at radius 3 is 2.59 bits per heavy atom. The number of halogens is 1. The van der Waals surface area contributed by atoms with Crippen LogP contribution in [0.2, 0.25) is 0 Å². The predicted octanol–water partition coefficient (Wildman–Crippen LogP) is 5.51. The fourth-order valence-electron chi connectivity index (χ4n) is 4.26. The highest BCUT2D eigenvalue weighted by Gasteiger charge is 2.34. The van der Waals surface area contributed by atoms with Crippen molar-refractivity contribution in [3.63, 3.8) is 0 Å². The van der Waals surface area contributed by atoms with E-state index in [1.807, 2.05) is 17.0 Å². The number of benzene rings is 2. The van der Waals surface area contributed by atoms with Crippen LogP contribution in [0, 0.1) is 11.7 Å². The van der Waals surface area contributed by atoms with Crippen LogP contribution in [0.5, 0.6) is 0 Å². The van der Waals surface area contributed by atoms with E-state index in [4.69, 9.17) is 0 Å². The SMILES string of the molecule is CC(C)CC1(O)CCN(C(=O)c2ccc(NSc3ccc(F)c4cccnc34)cc2)CC1. The van der Waals surface area contributed by atoms with E-state index in [2.05, 4.69) is 23.6 Å². The van der Waals surface area contributed by atoms with Gasteiger partial charge in [0.25, 0.3) is 5.91 Å². The normalized spacial score (nSPS) is 15.8. The van der Waals surface area contributed by atoms with Gasteiger partial charge in [-0.1, -0.05) is 13.8 Å². The first-order valence-corrected chi connectivity index (χ1v) is 11.7. The van der Waals surface area contributed by atoms with Crippen molar-refractivity contribution < 1.29 is 14.3 Å². The number of rotatable bonds is 6. The average Bonchev–Trinajstić information content (AvgIpc) is 2.78. The quantitative estimate of drug-likeness (QED) is 0.482. The molecule has 32 heavy (non-hydrogen) atoms. The first-order valence-electron chi connectivity index (χ1n) is 10.9. The van der Waals surface area contributed by atoms with Crippen LogP contribution < -0.4 is 4.72 Å². The van der Waals surface area contributed by atoms with E-state index < -0.39 is 5.60 Å². The van der Waals surface area contributed by atoms with Gasteiger partial charge in [0.1, 0.15) is 5.82 Å². The zero-order chi connectivity index (χ0) is 22.7. The van der Waals surface area contributed by atoms with Gasteiger partial charge in [-0.2, -0.15) is 0 Å². The van der Waals surface area contributed by atoms with Crippen LogP contribution in [0.25, 0.3) is 10.9 Å². The Labute approximate surface area is 192 Å². The second-order valence-corrected chi connectivity index (χ2v) is 9.69. The Bertz CT molecular complexity index is 1100. The van der Waals surface area contributed by atoms with E-state index in [9.17, 15) is 14.3 Å². The lowest BCUT2D eigenvalue weighted by molar-refractivity contribution is -0.0311. The minimum absolute atomic E-state index is 0.00970. The van der Waals surface area contributed by atoms with E-state index in [1.54, 1.807) is 36.5 Å². The van der Waals surface area contributed by atoms with Crippen molar-refractivity contribution in [2.24, 2.45) is 5.92 Å². The maximum absolute atomic E-state index is 14.0. The highest BCUT2D eigenvalue weighted by Crippen LogP contribution is 2.31. The second kappa shape index (κ2) is 9.46. The fourth-order valence-corrected chi connectivity index (χ4v) is 5.02. The first kappa shape index (κ1) is 22.6. The smallest absolute Gasteiger partial charge is 0.253 e. The second-order valence-electron chi connectivity index (χ2n) is 8.84. The number of anilines is 1. The fraction of sp³-hybridized carbons (Fsp3) is 0.360. The number of hydrogen-bond acceptors (Lipinski definition) is 5. The number of fused-ring (bicyclic) bond motifs is 1. The lowest BCUT2D eigenvalue weighted by Gasteiger charge is -2.39. The molecule has 2 aromatic carbocycles. The number of likely N-dealkylation sites (tertiary alicyclic amines) is 1. The number of carbonyl (C=O) groups is 1. The molecule has 1 amide bonds. The lowest BCUT2D eigenvalue weighted by atomic mass is 9.84. The van der Waals surface area contributed by atoms with Crippen LogP contribution in [0.15, 0.2) is 59.6 Å². The number of amides is 1. The Kier molecular flexibility index (Phi) is 6.67. The van der Waals surface area contributed by atoms with Gasteiger partial charge in [-0.3, -0.25) is 9.78 Å². The molecule has 5 nitrogen and oxygen atoms in total. The Balaban J connectivity index is 1.37. The summed E-state index contributed by atoms with van der Waals surface area (Å²) in [4.78, 5) is 19.8. The number of aromatic nitrogens is 1. The van der Waals surface area contributed by atoms with Crippen LogP contribution in [-0.4, -0.2) is 39.6 Å². The zero-order valence-corrected chi connectivity index (χ0v) is 19.2. The summed E-state index contributed by atoms with van der Waals surface area (Å²) in [5.74, 6) is 0.133. The third kappa shape index (κ3) is 5.05. The Morgan fingerprint density at radius 1 is 1.19 bits per heavy atom. The van der Waals surface area contributed by atoms with Gasteiger partial charge >= 0.3 is 0 Å². The lowest BCUT2D eigenvalue weighted by Crippen LogP contribution is -2.47. The first-order chi connectivity index (χ1) is 15.3. The van der Waals surface area contributed by atoms with E-state index >= 15 is 0 Å². The summed E-state index contributed by atoms with van der Waals surface area (Å²) in [6.07, 6.45) is 3.65. The monoisotopic (exact) mass is 453 g/mol. The molecule has 0 radical (unpaired) electrons. The van der Waals surface area contributed by atoms with E-state index in [-0.39, 0.29) is 11.7 Å². The molecule has 1 aliphatic rings. The molecule has 168 valence electrons. The summed E-state index contributed by atoms with van der Waals surface area (Å²) >= 11 is 1.36. The number of piperidine rings is 1. The van der Waals surface area contributed by atoms with Gasteiger partial charge < -0.3 is 14.7 Å². The van der Waals surface area contributed by atoms with E-state index in [1.165, 1.54) is 18.0 Å². The summed E-state index contributed by atoms with van der Waals surface area (Å²) in [5, 5.41) is 11.2. The molecule has 1 aromatic heterocycles. The van der Waals surface area contributed by atoms with Crippen molar-refractivity contribution in [3.05, 3.63) is 66.1 Å². The molecule has 2 N–H and O–H groups in total. The molecule has 0 aliphatic carbocycles. The number of hydrogen-bond donors (Lipinski definition) is 2. The maximum Gasteiger partial charge on any atom is 0.253 e. The zero-order valence-electron chi connectivity index (χ0n) is 18.3. The highest BCUT2D eigenvalue weighted by molar-refractivity contribution is 8.00. The molecule has 4 rings (SSSR count). The van der Waals surface area contributed by atoms with Crippen LogP contribution >= 0.6 is 11.9 Å². The van der Waals surface area contributed by atoms with E-state index in [0.29, 0.717) is 48.3 Å². The summed E-state index contributed by atoms with van der Waals surface area (Å²) in [5.41, 5.74) is 1.42. The molecule has 2 heterocycles. The van der Waals surface area contributed by atoms with Crippen LogP contribution in [0.3, 0.4) is 0 Å². The number of nitrogens with one attached hydrogen (secondary N) is 1. The molecule has 0 saturated carbocycles. The standard InChI is InChI=1S/C25H28FN3O2S/c1-17(2)16-25(31)11-14-29(15-12-25)24(30)18-5-7-19(8-6-18)28-32-22-10-9-21(26)20-4-3-13-27-23(20)22/h3-10,13,17,28,31H,11-12,14-16H2,1-2H3. The predicted molar refractivity (Wildman–Crippen MR) is 127 cm³/mol. The van der Waals surface area contributed by atoms with Gasteiger partial charge in [0.2, 0.25) is 0 Å². The summed E-state index contributed by atoms with van der Waals surface area (Å²) in [7, 11) is 0. The van der Waals surface area contributed by atoms with Gasteiger partial charge in [-0.05, 0) is 85.7 Å². The van der Waals surface area contributed by atoms with Crippen molar-refractivity contribution >= 4 is 34.4 Å². The minimum Gasteiger partial charge on any atom is -0.390 e. The van der Waals surface area contributed by atoms with Crippen molar-refractivity contribution in [1.29, 1.82) is 0 Å². The van der Waals surface area contributed by atoms with Crippen molar-refractivity contribution in [3.8, 4) is 0 Å². The molecule has 0 atom stereocenters. The summed E-state index contributed by atoms with van der Waals surface area (Å²) < 4.78 is 17.2. The van der Waals surface area contributed by atoms with E-state index in [0.717, 1.165) is 17.0 Å². The van der Waals surface area contributed by atoms with Gasteiger partial charge in [0.05, 0.1) is 16.0 Å². The third-order valence-electron chi connectivity index (χ3n) is 5.86. The molecule has 3 aromatic rings. The van der Waals surface area contributed by atoms with Gasteiger partial charge in [0.15, 0.2) is 0 Å². The van der Waals surface area contributed by atoms with Crippen molar-refractivity contribution in [2.75, 3.05) is 17.8 Å². The van der Waals surface area contributed by atoms with Crippen LogP contribution in [0.1, 0.15) is 43.5 Å². The highest BCUT2D eigenvalue weighted by atomic mass is 32.2. The number of nitrogens with zero attached hydrogens (tertiary/aromatic N) is 2. The minimum atomic E-state index is -0.657. The molecule has 1 saturated heterocycles. The molecular weight excluding hydrogens is 425 g/mol. The van der Waals surface area contributed by atoms with Crippen LogP contribution in [0.4, 0.5) is 10.1 Å². The van der Waals surface area contributed by atoms with Crippen molar-refractivity contribution in [2.45, 2.75) is 43.6 Å². The number of carbonyl (C=O) groups excluding carboxylic acids is 1. The maximum atomic E-state index is 14.0. The molecular formula is C25H28FN3O2S. The molecule has 0 bridgehead atoms.